The van der Waals surface area contributed by atoms with Crippen LogP contribution in [0.25, 0.3) is 0 Å². The van der Waals surface area contributed by atoms with Gasteiger partial charge in [-0.3, -0.25) is 4.79 Å². The molecular formula is C19H19F4NO4. The SMILES string of the molecule is COc1cc(F)c(C(C)NC(=O)COc2ccccc2C(F)(F)F)cc1OC. The topological polar surface area (TPSA) is 56.8 Å². The van der Waals surface area contributed by atoms with Gasteiger partial charge in [-0.2, -0.15) is 13.2 Å². The highest BCUT2D eigenvalue weighted by Crippen LogP contribution is 2.36. The van der Waals surface area contributed by atoms with Crippen LogP contribution in [0.15, 0.2) is 36.4 Å². The van der Waals surface area contributed by atoms with Gasteiger partial charge in [0.2, 0.25) is 0 Å². The number of benzene rings is 2. The summed E-state index contributed by atoms with van der Waals surface area (Å²) in [5.41, 5.74) is -0.858. The Kier molecular flexibility index (Phi) is 6.71. The quantitative estimate of drug-likeness (QED) is 0.710. The Hall–Kier alpha value is -2.97. The number of halogens is 4. The normalized spacial score (nSPS) is 12.2. The molecule has 9 heteroatoms. The molecule has 0 bridgehead atoms. The van der Waals surface area contributed by atoms with Crippen LogP contribution in [0.4, 0.5) is 17.6 Å². The molecule has 28 heavy (non-hydrogen) atoms. The number of nitrogens with one attached hydrogen (secondary N) is 1. The van der Waals surface area contributed by atoms with Crippen LogP contribution < -0.4 is 19.5 Å². The minimum absolute atomic E-state index is 0.127. The maximum absolute atomic E-state index is 14.2. The van der Waals surface area contributed by atoms with Crippen LogP contribution >= 0.6 is 0 Å². The average molecular weight is 401 g/mol. The van der Waals surface area contributed by atoms with Crippen LogP contribution in [0.2, 0.25) is 0 Å². The van der Waals surface area contributed by atoms with E-state index in [1.165, 1.54) is 39.3 Å². The van der Waals surface area contributed by atoms with E-state index in [2.05, 4.69) is 5.32 Å². The number of ether oxygens (including phenoxy) is 3. The standard InChI is InChI=1S/C19H19F4NO4/c1-11(12-8-16(26-2)17(27-3)9-14(12)20)24-18(25)10-28-15-7-5-4-6-13(15)19(21,22)23/h4-9,11H,10H2,1-3H3,(H,24,25). The largest absolute Gasteiger partial charge is 0.493 e. The number of hydrogen-bond donors (Lipinski definition) is 1. The number of rotatable bonds is 7. The van der Waals surface area contributed by atoms with E-state index in [9.17, 15) is 22.4 Å². The molecule has 2 rings (SSSR count). The molecule has 0 aliphatic heterocycles. The van der Waals surface area contributed by atoms with Crippen molar-refractivity contribution in [1.29, 1.82) is 0 Å². The zero-order chi connectivity index (χ0) is 20.9. The molecule has 1 N–H and O–H groups in total. The zero-order valence-electron chi connectivity index (χ0n) is 15.4. The fraction of sp³-hybridized carbons (Fsp3) is 0.316. The minimum Gasteiger partial charge on any atom is -0.493 e. The van der Waals surface area contributed by atoms with Crippen molar-refractivity contribution < 1.29 is 36.6 Å². The Morgan fingerprint density at radius 1 is 1.07 bits per heavy atom. The lowest BCUT2D eigenvalue weighted by Gasteiger charge is -2.18. The highest BCUT2D eigenvalue weighted by molar-refractivity contribution is 5.78. The van der Waals surface area contributed by atoms with Crippen LogP contribution in [0.5, 0.6) is 17.2 Å². The Balaban J connectivity index is 2.06. The van der Waals surface area contributed by atoms with Crippen LogP contribution in [0, 0.1) is 5.82 Å². The molecule has 0 spiro atoms. The van der Waals surface area contributed by atoms with Gasteiger partial charge in [0.1, 0.15) is 11.6 Å². The van der Waals surface area contributed by atoms with Gasteiger partial charge in [0.15, 0.2) is 18.1 Å². The Morgan fingerprint density at radius 2 is 1.68 bits per heavy atom. The summed E-state index contributed by atoms with van der Waals surface area (Å²) in [6.45, 7) is 0.859. The van der Waals surface area contributed by atoms with Crippen LogP contribution in [0.1, 0.15) is 24.1 Å². The molecule has 152 valence electrons. The Bertz CT molecular complexity index is 839. The summed E-state index contributed by atoms with van der Waals surface area (Å²) in [6.07, 6.45) is -4.61. The fourth-order valence-corrected chi connectivity index (χ4v) is 2.53. The minimum atomic E-state index is -4.61. The van der Waals surface area contributed by atoms with E-state index in [0.717, 1.165) is 18.2 Å². The van der Waals surface area contributed by atoms with Gasteiger partial charge in [-0.25, -0.2) is 4.39 Å². The molecule has 0 aliphatic carbocycles. The second-order valence-electron chi connectivity index (χ2n) is 5.80. The number of methoxy groups -OCH3 is 2. The third-order valence-electron chi connectivity index (χ3n) is 3.90. The predicted molar refractivity (Wildman–Crippen MR) is 93.0 cm³/mol. The molecule has 0 saturated carbocycles. The lowest BCUT2D eigenvalue weighted by atomic mass is 10.1. The Labute approximate surface area is 159 Å². The maximum atomic E-state index is 14.2. The molecule has 1 amide bonds. The van der Waals surface area contributed by atoms with Gasteiger partial charge >= 0.3 is 6.18 Å². The van der Waals surface area contributed by atoms with Gasteiger partial charge in [0, 0.05) is 11.6 Å². The van der Waals surface area contributed by atoms with Crippen LogP contribution in [-0.4, -0.2) is 26.7 Å². The van der Waals surface area contributed by atoms with Gasteiger partial charge in [0.25, 0.3) is 5.91 Å². The summed E-state index contributed by atoms with van der Waals surface area (Å²) in [5, 5.41) is 2.47. The summed E-state index contributed by atoms with van der Waals surface area (Å²) in [4.78, 5) is 12.1. The van der Waals surface area contributed by atoms with E-state index >= 15 is 0 Å². The average Bonchev–Trinajstić information content (AvgIpc) is 2.65. The summed E-state index contributed by atoms with van der Waals surface area (Å²) in [6, 6.07) is 6.27. The van der Waals surface area contributed by atoms with Crippen molar-refractivity contribution in [3.8, 4) is 17.2 Å². The molecule has 2 aromatic rings. The molecule has 0 aliphatic rings. The summed E-state index contributed by atoms with van der Waals surface area (Å²) >= 11 is 0. The first-order valence-electron chi connectivity index (χ1n) is 8.17. The first-order chi connectivity index (χ1) is 13.2. The second kappa shape index (κ2) is 8.81. The van der Waals surface area contributed by atoms with Crippen LogP contribution in [0.3, 0.4) is 0 Å². The fourth-order valence-electron chi connectivity index (χ4n) is 2.53. The first kappa shape index (κ1) is 21.3. The lowest BCUT2D eigenvalue weighted by Crippen LogP contribution is -2.32. The predicted octanol–water partition coefficient (Wildman–Crippen LogP) is 4.12. The smallest absolute Gasteiger partial charge is 0.419 e. The number of para-hydroxylation sites is 1. The molecule has 0 heterocycles. The molecule has 0 saturated heterocycles. The zero-order valence-corrected chi connectivity index (χ0v) is 15.4. The number of alkyl halides is 3. The van der Waals surface area contributed by atoms with Gasteiger partial charge < -0.3 is 19.5 Å². The van der Waals surface area contributed by atoms with Gasteiger partial charge in [-0.15, -0.1) is 0 Å². The van der Waals surface area contributed by atoms with Gasteiger partial charge in [-0.05, 0) is 25.1 Å². The van der Waals surface area contributed by atoms with Gasteiger partial charge in [-0.1, -0.05) is 12.1 Å². The van der Waals surface area contributed by atoms with Gasteiger partial charge in [0.05, 0.1) is 25.8 Å². The van der Waals surface area contributed by atoms with Crippen molar-refractivity contribution in [2.45, 2.75) is 19.1 Å². The number of carbonyl (C=O) groups is 1. The molecule has 5 nitrogen and oxygen atoms in total. The van der Waals surface area contributed by atoms with E-state index in [0.29, 0.717) is 0 Å². The molecule has 0 fully saturated rings. The van der Waals surface area contributed by atoms with E-state index in [4.69, 9.17) is 14.2 Å². The molecular weight excluding hydrogens is 382 g/mol. The van der Waals surface area contributed by atoms with Crippen molar-refractivity contribution in [2.24, 2.45) is 0 Å². The maximum Gasteiger partial charge on any atom is 0.419 e. The monoisotopic (exact) mass is 401 g/mol. The second-order valence-corrected chi connectivity index (χ2v) is 5.80. The molecule has 1 unspecified atom stereocenters. The van der Waals surface area contributed by atoms with Crippen LogP contribution in [-0.2, 0) is 11.0 Å². The van der Waals surface area contributed by atoms with Crippen molar-refractivity contribution in [3.63, 3.8) is 0 Å². The van der Waals surface area contributed by atoms with E-state index in [-0.39, 0.29) is 17.1 Å². The molecule has 0 aromatic heterocycles. The molecule has 0 radical (unpaired) electrons. The van der Waals surface area contributed by atoms with E-state index < -0.39 is 41.9 Å². The third-order valence-corrected chi connectivity index (χ3v) is 3.90. The molecule has 1 atom stereocenters. The third kappa shape index (κ3) is 5.05. The van der Waals surface area contributed by atoms with Crippen molar-refractivity contribution in [1.82, 2.24) is 5.32 Å². The number of hydrogen-bond acceptors (Lipinski definition) is 4. The van der Waals surface area contributed by atoms with Crippen molar-refractivity contribution in [3.05, 3.63) is 53.3 Å². The highest BCUT2D eigenvalue weighted by atomic mass is 19.4. The van der Waals surface area contributed by atoms with E-state index in [1.807, 2.05) is 0 Å². The summed E-state index contributed by atoms with van der Waals surface area (Å²) < 4.78 is 68.2. The van der Waals surface area contributed by atoms with E-state index in [1.54, 1.807) is 0 Å². The van der Waals surface area contributed by atoms with Crippen molar-refractivity contribution >= 4 is 5.91 Å². The molecule has 2 aromatic carbocycles. The highest BCUT2D eigenvalue weighted by Gasteiger charge is 2.34. The van der Waals surface area contributed by atoms with Crippen molar-refractivity contribution in [2.75, 3.05) is 20.8 Å². The summed E-state index contributed by atoms with van der Waals surface area (Å²) in [7, 11) is 2.74. The Morgan fingerprint density at radius 3 is 2.29 bits per heavy atom. The lowest BCUT2D eigenvalue weighted by molar-refractivity contribution is -0.139. The first-order valence-corrected chi connectivity index (χ1v) is 8.17. The number of amides is 1. The number of carbonyl (C=O) groups excluding carboxylic acids is 1. The summed E-state index contributed by atoms with van der Waals surface area (Å²) in [5.74, 6) is -1.34.